The number of nitrogens with one attached hydrogen (secondary N) is 1. The smallest absolute Gasteiger partial charge is 0.398 e. The summed E-state index contributed by atoms with van der Waals surface area (Å²) in [5.74, 6) is 0.375. The Hall–Kier alpha value is -2.63. The van der Waals surface area contributed by atoms with E-state index in [0.717, 1.165) is 29.4 Å². The van der Waals surface area contributed by atoms with Gasteiger partial charge in [-0.15, -0.1) is 0 Å². The molecule has 1 aromatic heterocycles. The molecule has 1 unspecified atom stereocenters. The van der Waals surface area contributed by atoms with Gasteiger partial charge in [0.1, 0.15) is 0 Å². The summed E-state index contributed by atoms with van der Waals surface area (Å²) in [5.41, 5.74) is 9.62. The fourth-order valence-corrected chi connectivity index (χ4v) is 4.24. The van der Waals surface area contributed by atoms with E-state index >= 15 is 0 Å². The molecule has 1 aromatic carbocycles. The van der Waals surface area contributed by atoms with E-state index in [-0.39, 0.29) is 12.0 Å². The molecule has 0 saturated carbocycles. The van der Waals surface area contributed by atoms with Gasteiger partial charge in [0.15, 0.2) is 0 Å². The normalized spacial score (nSPS) is 19.6. The third kappa shape index (κ3) is 2.83. The molecule has 0 spiro atoms. The molecule has 0 fully saturated rings. The Morgan fingerprint density at radius 3 is 2.70 bits per heavy atom. The molecule has 0 amide bonds. The van der Waals surface area contributed by atoms with Gasteiger partial charge in [-0.25, -0.2) is 4.98 Å². The minimum Gasteiger partial charge on any atom is -0.398 e. The second-order valence-electron chi connectivity index (χ2n) is 7.34. The maximum atomic E-state index is 13.5. The van der Waals surface area contributed by atoms with Crippen molar-refractivity contribution < 1.29 is 13.2 Å². The number of halogens is 3. The summed E-state index contributed by atoms with van der Waals surface area (Å²) in [7, 11) is 0. The van der Waals surface area contributed by atoms with Gasteiger partial charge in [-0.1, -0.05) is 19.1 Å². The first-order chi connectivity index (χ1) is 12.8. The highest BCUT2D eigenvalue weighted by Gasteiger charge is 2.39. The second-order valence-corrected chi connectivity index (χ2v) is 7.34. The van der Waals surface area contributed by atoms with Crippen LogP contribution < -0.4 is 5.73 Å². The molecule has 2 aromatic rings. The first kappa shape index (κ1) is 17.8. The monoisotopic (exact) mass is 371 g/mol. The van der Waals surface area contributed by atoms with Crippen molar-refractivity contribution in [1.29, 1.82) is 5.41 Å². The minimum absolute atomic E-state index is 0.183. The van der Waals surface area contributed by atoms with E-state index in [4.69, 9.17) is 11.1 Å². The Morgan fingerprint density at radius 2 is 2.00 bits per heavy atom. The van der Waals surface area contributed by atoms with Crippen molar-refractivity contribution in [3.8, 4) is 0 Å². The first-order valence-corrected chi connectivity index (χ1v) is 9.04. The zero-order chi connectivity index (χ0) is 19.3. The molecule has 3 N–H and O–H groups in total. The summed E-state index contributed by atoms with van der Waals surface area (Å²) in [6.07, 6.45) is 2.33. The number of aromatic nitrogens is 1. The summed E-state index contributed by atoms with van der Waals surface area (Å²) >= 11 is 0. The highest BCUT2D eigenvalue weighted by Crippen LogP contribution is 2.44. The Bertz CT molecular complexity index is 1020. The zero-order valence-electron chi connectivity index (χ0n) is 15.0. The summed E-state index contributed by atoms with van der Waals surface area (Å²) in [6, 6.07) is 3.41. The lowest BCUT2D eigenvalue weighted by molar-refractivity contribution is -0.0870. The van der Waals surface area contributed by atoms with Gasteiger partial charge in [0.05, 0.1) is 16.8 Å². The highest BCUT2D eigenvalue weighted by molar-refractivity contribution is 6.05. The molecule has 1 heterocycles. The molecule has 2 aliphatic carbocycles. The van der Waals surface area contributed by atoms with Crippen molar-refractivity contribution in [1.82, 2.24) is 4.98 Å². The number of pyridine rings is 1. The number of hydrogen-bond donors (Lipinski definition) is 2. The van der Waals surface area contributed by atoms with E-state index in [0.29, 0.717) is 34.8 Å². The molecular weight excluding hydrogens is 351 g/mol. The van der Waals surface area contributed by atoms with E-state index in [1.807, 2.05) is 0 Å². The maximum absolute atomic E-state index is 13.5. The van der Waals surface area contributed by atoms with Crippen LogP contribution in [-0.2, 0) is 12.8 Å². The topological polar surface area (TPSA) is 62.8 Å². The van der Waals surface area contributed by atoms with E-state index in [1.54, 1.807) is 18.2 Å². The van der Waals surface area contributed by atoms with Crippen LogP contribution in [0.25, 0.3) is 16.5 Å². The fraction of sp³-hybridized carbons (Fsp3) is 0.333. The largest absolute Gasteiger partial charge is 0.416 e. The van der Waals surface area contributed by atoms with Gasteiger partial charge in [-0.05, 0) is 54.9 Å². The lowest BCUT2D eigenvalue weighted by Crippen LogP contribution is -2.19. The number of allylic oxidation sites excluding steroid dienone is 4. The Labute approximate surface area is 155 Å². The average Bonchev–Trinajstić information content (AvgIpc) is 3.11. The molecule has 3 nitrogen and oxygen atoms in total. The summed E-state index contributed by atoms with van der Waals surface area (Å²) in [4.78, 5) is 4.65. The molecule has 0 bridgehead atoms. The van der Waals surface area contributed by atoms with Crippen molar-refractivity contribution in [2.24, 2.45) is 5.92 Å². The van der Waals surface area contributed by atoms with Gasteiger partial charge >= 0.3 is 6.18 Å². The van der Waals surface area contributed by atoms with Gasteiger partial charge in [0.2, 0.25) is 0 Å². The van der Waals surface area contributed by atoms with Crippen molar-refractivity contribution in [3.63, 3.8) is 0 Å². The van der Waals surface area contributed by atoms with E-state index in [9.17, 15) is 13.2 Å². The number of benzene rings is 1. The summed E-state index contributed by atoms with van der Waals surface area (Å²) in [6.45, 7) is 2.11. The summed E-state index contributed by atoms with van der Waals surface area (Å²) < 4.78 is 40.5. The number of rotatable bonds is 2. The molecular formula is C21H20F3N3. The predicted molar refractivity (Wildman–Crippen MR) is 102 cm³/mol. The van der Waals surface area contributed by atoms with Crippen molar-refractivity contribution in [3.05, 3.63) is 52.2 Å². The van der Waals surface area contributed by atoms with E-state index in [2.05, 4.69) is 11.9 Å². The van der Waals surface area contributed by atoms with Crippen LogP contribution in [0, 0.1) is 11.3 Å². The van der Waals surface area contributed by atoms with Crippen LogP contribution in [0.5, 0.6) is 0 Å². The van der Waals surface area contributed by atoms with Gasteiger partial charge in [-0.2, -0.15) is 13.2 Å². The van der Waals surface area contributed by atoms with Crippen LogP contribution in [0.3, 0.4) is 0 Å². The number of fused-ring (bicyclic) bond motifs is 3. The third-order valence-electron chi connectivity index (χ3n) is 5.52. The van der Waals surface area contributed by atoms with Gasteiger partial charge < -0.3 is 11.1 Å². The highest BCUT2D eigenvalue weighted by atomic mass is 19.4. The number of aryl methyl sites for hydroxylation is 1. The standard InChI is InChI=1S/C21H20F3N3/c1-11-5-6-12-14(9-11)20(13-3-2-4-16(13)21(22,23)24)27-18-8-7-17(26)15(10-25)19(12)18/h3-4,7-8,10-11,25H,2,5-6,9,26H2,1H3. The number of hydrogen-bond acceptors (Lipinski definition) is 3. The summed E-state index contributed by atoms with van der Waals surface area (Å²) in [5, 5.41) is 8.57. The lowest BCUT2D eigenvalue weighted by Gasteiger charge is -2.27. The molecule has 0 radical (unpaired) electrons. The second kappa shape index (κ2) is 6.22. The molecule has 0 saturated heterocycles. The fourth-order valence-electron chi connectivity index (χ4n) is 4.24. The third-order valence-corrected chi connectivity index (χ3v) is 5.52. The van der Waals surface area contributed by atoms with Crippen LogP contribution in [0.15, 0.2) is 29.9 Å². The van der Waals surface area contributed by atoms with Crippen LogP contribution in [0.4, 0.5) is 18.9 Å². The molecule has 0 aliphatic heterocycles. The number of anilines is 1. The van der Waals surface area contributed by atoms with Gasteiger partial charge in [0.25, 0.3) is 0 Å². The van der Waals surface area contributed by atoms with Gasteiger partial charge in [-0.3, -0.25) is 0 Å². The Balaban J connectivity index is 2.03. The minimum atomic E-state index is -4.40. The van der Waals surface area contributed by atoms with Crippen molar-refractivity contribution in [2.45, 2.75) is 38.8 Å². The molecule has 2 aliphatic rings. The quantitative estimate of drug-likeness (QED) is 0.562. The van der Waals surface area contributed by atoms with Crippen LogP contribution in [0.1, 0.15) is 42.1 Å². The van der Waals surface area contributed by atoms with E-state index in [1.165, 1.54) is 12.3 Å². The molecule has 140 valence electrons. The molecule has 27 heavy (non-hydrogen) atoms. The van der Waals surface area contributed by atoms with Crippen LogP contribution in [-0.4, -0.2) is 17.4 Å². The number of nitrogen functional groups attached to an aromatic ring is 1. The van der Waals surface area contributed by atoms with Crippen molar-refractivity contribution in [2.75, 3.05) is 5.73 Å². The number of nitrogens with two attached hydrogens (primary N) is 1. The average molecular weight is 371 g/mol. The zero-order valence-corrected chi connectivity index (χ0v) is 15.0. The van der Waals surface area contributed by atoms with Crippen molar-refractivity contribution >= 4 is 28.4 Å². The van der Waals surface area contributed by atoms with Crippen LogP contribution >= 0.6 is 0 Å². The lowest BCUT2D eigenvalue weighted by atomic mass is 9.80. The number of nitrogens with zero attached hydrogens (tertiary/aromatic N) is 1. The number of alkyl halides is 3. The maximum Gasteiger partial charge on any atom is 0.416 e. The predicted octanol–water partition coefficient (Wildman–Crippen LogP) is 5.22. The SMILES string of the molecule is CC1CCc2c(c(C3=CCC=C3C(F)(F)F)nc3ccc(N)c(C=N)c23)C1. The molecule has 1 atom stereocenters. The molecule has 4 rings (SSSR count). The van der Waals surface area contributed by atoms with Crippen LogP contribution in [0.2, 0.25) is 0 Å². The van der Waals surface area contributed by atoms with Gasteiger partial charge in [0, 0.05) is 28.4 Å². The Morgan fingerprint density at radius 1 is 1.22 bits per heavy atom. The Kier molecular flexibility index (Phi) is 4.09. The first-order valence-electron chi connectivity index (χ1n) is 9.04. The molecule has 6 heteroatoms. The van der Waals surface area contributed by atoms with E-state index < -0.39 is 11.7 Å².